The molecule has 0 aliphatic rings. The van der Waals surface area contributed by atoms with E-state index in [4.69, 9.17) is 13.9 Å². The van der Waals surface area contributed by atoms with Crippen molar-refractivity contribution in [1.29, 1.82) is 0 Å². The van der Waals surface area contributed by atoms with E-state index < -0.39 is 20.8 Å². The monoisotopic (exact) mass is 684 g/mol. The fourth-order valence-corrected chi connectivity index (χ4v) is 6.56. The van der Waals surface area contributed by atoms with E-state index in [0.29, 0.717) is 36.7 Å². The lowest BCUT2D eigenvalue weighted by Gasteiger charge is -2.39. The number of aromatic amines is 1. The molecule has 5 aromatic rings. The molecule has 0 bridgehead atoms. The Balaban J connectivity index is 1.27. The number of pyridine rings is 1. The summed E-state index contributed by atoms with van der Waals surface area (Å²) >= 11 is 0. The highest BCUT2D eigenvalue weighted by Gasteiger charge is 2.40. The number of hydrogen-bond acceptors (Lipinski definition) is 5. The van der Waals surface area contributed by atoms with Gasteiger partial charge in [0.2, 0.25) is 5.56 Å². The predicted molar refractivity (Wildman–Crippen MR) is 195 cm³/mol. The summed E-state index contributed by atoms with van der Waals surface area (Å²) in [7, 11) is -2.21. The van der Waals surface area contributed by atoms with Crippen molar-refractivity contribution in [3.8, 4) is 11.5 Å². The molecule has 49 heavy (non-hydrogen) atoms. The van der Waals surface area contributed by atoms with Gasteiger partial charge in [0.05, 0.1) is 11.6 Å². The van der Waals surface area contributed by atoms with Gasteiger partial charge < -0.3 is 24.2 Å². The molecular weight excluding hydrogens is 639 g/mol. The van der Waals surface area contributed by atoms with E-state index in [0.717, 1.165) is 28.5 Å². The Hall–Kier alpha value is -4.31. The average molecular weight is 685 g/mol. The summed E-state index contributed by atoms with van der Waals surface area (Å²) in [5.41, 5.74) is 3.45. The van der Waals surface area contributed by atoms with Gasteiger partial charge in [-0.1, -0.05) is 99.6 Å². The molecule has 2 N–H and O–H groups in total. The van der Waals surface area contributed by atoms with E-state index in [1.807, 2.05) is 60.7 Å². The zero-order chi connectivity index (χ0) is 35.1. The van der Waals surface area contributed by atoms with Crippen molar-refractivity contribution in [3.05, 3.63) is 142 Å². The number of nitrogens with one attached hydrogen (secondary N) is 2. The van der Waals surface area contributed by atoms with Crippen LogP contribution >= 0.6 is 0 Å². The average Bonchev–Trinajstić information content (AvgIpc) is 3.08. The molecule has 0 spiro atoms. The van der Waals surface area contributed by atoms with Gasteiger partial charge in [0.25, 0.3) is 0 Å². The van der Waals surface area contributed by atoms with Gasteiger partial charge in [-0.3, -0.25) is 4.79 Å². The molecule has 1 atom stereocenters. The zero-order valence-corrected chi connectivity index (χ0v) is 29.9. The van der Waals surface area contributed by atoms with Gasteiger partial charge in [-0.15, -0.1) is 0 Å². The summed E-state index contributed by atoms with van der Waals surface area (Å²) in [5, 5.41) is 4.45. The van der Waals surface area contributed by atoms with Crippen LogP contribution in [0, 0.1) is 0 Å². The topological polar surface area (TPSA) is 72.6 Å². The number of halogens is 2. The van der Waals surface area contributed by atoms with Crippen LogP contribution in [0.15, 0.2) is 114 Å². The second kappa shape index (κ2) is 15.5. The maximum Gasteiger partial charge on any atom is 0.306 e. The minimum absolute atomic E-state index is 0.0109. The molecule has 6 nitrogen and oxygen atoms in total. The Morgan fingerprint density at radius 2 is 1.47 bits per heavy atom. The Bertz CT molecular complexity index is 1860. The van der Waals surface area contributed by atoms with Gasteiger partial charge in [0.15, 0.2) is 14.9 Å². The molecule has 4 aromatic carbocycles. The first-order chi connectivity index (χ1) is 23.3. The fraction of sp³-hybridized carbons (Fsp3) is 0.325. The molecule has 5 rings (SSSR count). The van der Waals surface area contributed by atoms with Gasteiger partial charge in [0, 0.05) is 23.6 Å². The SMILES string of the molecule is CC(C)(C)[Si](C)(C)OC(CNCCc1ccc(OCC(F)(F)c2ccccc2)cc1)c1ccc(OCc2ccccc2)c2[nH]c(=O)ccc12. The molecule has 1 aromatic heterocycles. The van der Waals surface area contributed by atoms with Crippen LogP contribution < -0.4 is 20.3 Å². The van der Waals surface area contributed by atoms with E-state index in [1.165, 1.54) is 12.1 Å². The lowest BCUT2D eigenvalue weighted by Crippen LogP contribution is -2.43. The minimum Gasteiger partial charge on any atom is -0.487 e. The van der Waals surface area contributed by atoms with E-state index in [9.17, 15) is 13.6 Å². The molecule has 9 heteroatoms. The summed E-state index contributed by atoms with van der Waals surface area (Å²) in [6.45, 7) is 12.0. The van der Waals surface area contributed by atoms with Gasteiger partial charge in [-0.05, 0) is 72.1 Å². The molecule has 0 saturated carbocycles. The molecule has 1 unspecified atom stereocenters. The van der Waals surface area contributed by atoms with Crippen molar-refractivity contribution in [2.45, 2.75) is 64.0 Å². The first-order valence-electron chi connectivity index (χ1n) is 16.7. The predicted octanol–water partition coefficient (Wildman–Crippen LogP) is 9.17. The number of H-pyrrole nitrogens is 1. The van der Waals surface area contributed by atoms with Crippen molar-refractivity contribution in [2.75, 3.05) is 19.7 Å². The highest BCUT2D eigenvalue weighted by atomic mass is 28.4. The van der Waals surface area contributed by atoms with Crippen LogP contribution in [0.3, 0.4) is 0 Å². The zero-order valence-electron chi connectivity index (χ0n) is 28.9. The first-order valence-corrected chi connectivity index (χ1v) is 19.6. The largest absolute Gasteiger partial charge is 0.487 e. The van der Waals surface area contributed by atoms with Crippen molar-refractivity contribution >= 4 is 19.2 Å². The van der Waals surface area contributed by atoms with Gasteiger partial charge in [-0.25, -0.2) is 0 Å². The highest BCUT2D eigenvalue weighted by molar-refractivity contribution is 6.74. The molecule has 0 saturated heterocycles. The highest BCUT2D eigenvalue weighted by Crippen LogP contribution is 2.41. The lowest BCUT2D eigenvalue weighted by atomic mass is 10.0. The third kappa shape index (κ3) is 9.44. The smallest absolute Gasteiger partial charge is 0.306 e. The normalized spacial score (nSPS) is 13.0. The van der Waals surface area contributed by atoms with Crippen LogP contribution in [0.4, 0.5) is 8.78 Å². The van der Waals surface area contributed by atoms with Crippen molar-refractivity contribution in [3.63, 3.8) is 0 Å². The van der Waals surface area contributed by atoms with Crippen LogP contribution in [-0.4, -0.2) is 33.0 Å². The Kier molecular flexibility index (Phi) is 11.4. The quantitative estimate of drug-likeness (QED) is 0.0850. The van der Waals surface area contributed by atoms with Crippen LogP contribution in [-0.2, 0) is 23.4 Å². The number of hydrogen-bond donors (Lipinski definition) is 2. The Morgan fingerprint density at radius 1 is 0.796 bits per heavy atom. The molecule has 1 heterocycles. The molecule has 0 amide bonds. The number of alkyl halides is 2. The standard InChI is InChI=1S/C40H46F2N2O4Si/c1-39(2,3)49(4,5)48-36(33-20-22-35(38-34(33)21-23-37(45)44-38)46-27-30-12-8-6-9-13-30)26-43-25-24-29-16-18-32(19-17-29)47-28-40(41,42)31-14-10-7-11-15-31/h6-23,36,43H,24-28H2,1-5H3,(H,44,45). The number of ether oxygens (including phenoxy) is 2. The summed E-state index contributed by atoms with van der Waals surface area (Å²) in [4.78, 5) is 15.5. The molecule has 258 valence electrons. The number of fused-ring (bicyclic) bond motifs is 1. The molecule has 0 aliphatic heterocycles. The van der Waals surface area contributed by atoms with Crippen molar-refractivity contribution in [2.24, 2.45) is 0 Å². The van der Waals surface area contributed by atoms with Gasteiger partial charge in [0.1, 0.15) is 18.1 Å². The Morgan fingerprint density at radius 3 is 2.14 bits per heavy atom. The first kappa shape index (κ1) is 36.0. The molecule has 0 radical (unpaired) electrons. The van der Waals surface area contributed by atoms with Crippen LogP contribution in [0.25, 0.3) is 10.9 Å². The van der Waals surface area contributed by atoms with Gasteiger partial charge in [-0.2, -0.15) is 8.78 Å². The molecule has 0 fully saturated rings. The summed E-state index contributed by atoms with van der Waals surface area (Å²) in [5.74, 6) is -2.07. The number of benzene rings is 4. The third-order valence-electron chi connectivity index (χ3n) is 9.18. The van der Waals surface area contributed by atoms with Gasteiger partial charge >= 0.3 is 5.92 Å². The molecular formula is C40H46F2N2O4Si. The van der Waals surface area contributed by atoms with E-state index in [2.05, 4.69) is 44.2 Å². The second-order valence-electron chi connectivity index (χ2n) is 13.9. The van der Waals surface area contributed by atoms with Crippen LogP contribution in [0.5, 0.6) is 11.5 Å². The minimum atomic E-state index is -3.08. The van der Waals surface area contributed by atoms with E-state index in [-0.39, 0.29) is 22.3 Å². The van der Waals surface area contributed by atoms with Crippen molar-refractivity contribution in [1.82, 2.24) is 10.3 Å². The fourth-order valence-electron chi connectivity index (χ4n) is 5.29. The number of aromatic nitrogens is 1. The summed E-state index contributed by atoms with van der Waals surface area (Å²) in [6, 6.07) is 32.2. The third-order valence-corrected chi connectivity index (χ3v) is 13.7. The molecule has 0 aliphatic carbocycles. The second-order valence-corrected chi connectivity index (χ2v) is 18.6. The van der Waals surface area contributed by atoms with Crippen LogP contribution in [0.1, 0.15) is 49.1 Å². The van der Waals surface area contributed by atoms with Crippen LogP contribution in [0.2, 0.25) is 18.1 Å². The summed E-state index contributed by atoms with van der Waals surface area (Å²) < 4.78 is 47.7. The Labute approximate surface area is 288 Å². The summed E-state index contributed by atoms with van der Waals surface area (Å²) in [6.07, 6.45) is 0.452. The van der Waals surface area contributed by atoms with E-state index in [1.54, 1.807) is 36.4 Å². The number of rotatable bonds is 15. The maximum absolute atomic E-state index is 14.5. The maximum atomic E-state index is 14.5. The van der Waals surface area contributed by atoms with E-state index >= 15 is 0 Å². The lowest BCUT2D eigenvalue weighted by molar-refractivity contribution is -0.0467. The van der Waals surface area contributed by atoms with Crippen molar-refractivity contribution < 1.29 is 22.7 Å².